The van der Waals surface area contributed by atoms with E-state index in [0.29, 0.717) is 6.42 Å². The number of hydrogen-bond donors (Lipinski definition) is 2. The van der Waals surface area contributed by atoms with Crippen LogP contribution in [0, 0.1) is 5.92 Å². The molecule has 104 valence electrons. The first-order chi connectivity index (χ1) is 9.11. The quantitative estimate of drug-likeness (QED) is 0.653. The topological polar surface area (TPSA) is 50.9 Å². The summed E-state index contributed by atoms with van der Waals surface area (Å²) in [7, 11) is 0. The van der Waals surface area contributed by atoms with Gasteiger partial charge in [-0.25, -0.2) is 8.78 Å². The minimum Gasteiger partial charge on any atom is -0.271 e. The molecule has 0 spiro atoms. The molecule has 1 fully saturated rings. The van der Waals surface area contributed by atoms with Crippen LogP contribution in [-0.2, 0) is 6.42 Å². The lowest BCUT2D eigenvalue weighted by Crippen LogP contribution is -2.44. The standard InChI is InChI=1S/C14H19F2N3/c15-14(16)6-5-10(8-14)13(19-17)11-4-3-9-2-1-7-18-12(9)11/h1-2,7,10-11,13,19H,3-6,8,17H2. The number of alkyl halides is 2. The zero-order chi connectivity index (χ0) is 13.5. The van der Waals surface area contributed by atoms with E-state index >= 15 is 0 Å². The Morgan fingerprint density at radius 1 is 1.42 bits per heavy atom. The van der Waals surface area contributed by atoms with Crippen molar-refractivity contribution in [2.75, 3.05) is 0 Å². The first-order valence-electron chi connectivity index (χ1n) is 6.88. The Morgan fingerprint density at radius 3 is 2.95 bits per heavy atom. The average molecular weight is 267 g/mol. The predicted molar refractivity (Wildman–Crippen MR) is 68.7 cm³/mol. The molecule has 1 heterocycles. The van der Waals surface area contributed by atoms with Crippen LogP contribution in [0.1, 0.15) is 42.9 Å². The van der Waals surface area contributed by atoms with Gasteiger partial charge in [0.15, 0.2) is 0 Å². The van der Waals surface area contributed by atoms with E-state index in [4.69, 9.17) is 5.84 Å². The van der Waals surface area contributed by atoms with Gasteiger partial charge in [0, 0.05) is 36.7 Å². The van der Waals surface area contributed by atoms with Gasteiger partial charge in [-0.1, -0.05) is 6.07 Å². The highest BCUT2D eigenvalue weighted by molar-refractivity contribution is 5.30. The summed E-state index contributed by atoms with van der Waals surface area (Å²) in [6, 6.07) is 3.90. The molecule has 1 saturated carbocycles. The van der Waals surface area contributed by atoms with Crippen molar-refractivity contribution >= 4 is 0 Å². The number of halogens is 2. The number of fused-ring (bicyclic) bond motifs is 1. The Labute approximate surface area is 111 Å². The molecule has 2 aliphatic carbocycles. The molecule has 19 heavy (non-hydrogen) atoms. The molecule has 0 amide bonds. The van der Waals surface area contributed by atoms with Gasteiger partial charge in [0.25, 0.3) is 0 Å². The molecule has 3 rings (SSSR count). The molecule has 1 aromatic rings. The number of hydrogen-bond acceptors (Lipinski definition) is 3. The fourth-order valence-corrected chi connectivity index (χ4v) is 3.67. The van der Waals surface area contributed by atoms with Crippen LogP contribution < -0.4 is 11.3 Å². The van der Waals surface area contributed by atoms with Crippen molar-refractivity contribution in [1.29, 1.82) is 0 Å². The Hall–Kier alpha value is -1.07. The molecule has 3 atom stereocenters. The smallest absolute Gasteiger partial charge is 0.248 e. The molecule has 3 N–H and O–H groups in total. The summed E-state index contributed by atoms with van der Waals surface area (Å²) >= 11 is 0. The Bertz CT molecular complexity index is 464. The number of pyridine rings is 1. The van der Waals surface area contributed by atoms with Crippen LogP contribution >= 0.6 is 0 Å². The number of hydrazine groups is 1. The normalized spacial score (nSPS) is 30.3. The highest BCUT2D eigenvalue weighted by atomic mass is 19.3. The van der Waals surface area contributed by atoms with Gasteiger partial charge in [0.05, 0.1) is 0 Å². The second kappa shape index (κ2) is 4.80. The summed E-state index contributed by atoms with van der Waals surface area (Å²) in [4.78, 5) is 4.43. The molecule has 5 heteroatoms. The average Bonchev–Trinajstić information content (AvgIpc) is 2.95. The highest BCUT2D eigenvalue weighted by Gasteiger charge is 2.45. The largest absolute Gasteiger partial charge is 0.271 e. The van der Waals surface area contributed by atoms with E-state index in [1.807, 2.05) is 6.07 Å². The number of nitrogens with one attached hydrogen (secondary N) is 1. The van der Waals surface area contributed by atoms with E-state index in [2.05, 4.69) is 16.5 Å². The van der Waals surface area contributed by atoms with Crippen molar-refractivity contribution in [3.63, 3.8) is 0 Å². The zero-order valence-corrected chi connectivity index (χ0v) is 10.8. The predicted octanol–water partition coefficient (Wildman–Crippen LogP) is 2.38. The lowest BCUT2D eigenvalue weighted by atomic mass is 9.85. The minimum absolute atomic E-state index is 0.0162. The maximum Gasteiger partial charge on any atom is 0.248 e. The first kappa shape index (κ1) is 12.9. The van der Waals surface area contributed by atoms with Crippen molar-refractivity contribution in [1.82, 2.24) is 10.4 Å². The second-order valence-electron chi connectivity index (χ2n) is 5.74. The minimum atomic E-state index is -2.52. The van der Waals surface area contributed by atoms with Crippen molar-refractivity contribution < 1.29 is 8.78 Å². The Kier molecular flexibility index (Phi) is 3.27. The maximum atomic E-state index is 13.4. The van der Waals surface area contributed by atoms with E-state index in [-0.39, 0.29) is 30.7 Å². The number of aromatic nitrogens is 1. The summed E-state index contributed by atoms with van der Waals surface area (Å²) in [5.41, 5.74) is 5.07. The summed E-state index contributed by atoms with van der Waals surface area (Å²) in [6.45, 7) is 0. The second-order valence-corrected chi connectivity index (χ2v) is 5.74. The molecular weight excluding hydrogens is 248 g/mol. The number of nitrogens with two attached hydrogens (primary N) is 1. The van der Waals surface area contributed by atoms with Crippen LogP contribution in [0.5, 0.6) is 0 Å². The van der Waals surface area contributed by atoms with Crippen molar-refractivity contribution in [2.24, 2.45) is 11.8 Å². The van der Waals surface area contributed by atoms with Gasteiger partial charge in [0.1, 0.15) is 0 Å². The molecule has 2 aliphatic rings. The van der Waals surface area contributed by atoms with Gasteiger partial charge in [-0.05, 0) is 36.8 Å². The fourth-order valence-electron chi connectivity index (χ4n) is 3.67. The van der Waals surface area contributed by atoms with Crippen LogP contribution in [0.3, 0.4) is 0 Å². The summed E-state index contributed by atoms with van der Waals surface area (Å²) < 4.78 is 26.8. The van der Waals surface area contributed by atoms with E-state index in [0.717, 1.165) is 18.5 Å². The van der Waals surface area contributed by atoms with Crippen LogP contribution in [0.25, 0.3) is 0 Å². The van der Waals surface area contributed by atoms with Gasteiger partial charge in [0.2, 0.25) is 5.92 Å². The summed E-state index contributed by atoms with van der Waals surface area (Å²) in [6.07, 6.45) is 4.16. The summed E-state index contributed by atoms with van der Waals surface area (Å²) in [5.74, 6) is 3.24. The van der Waals surface area contributed by atoms with Gasteiger partial charge in [-0.3, -0.25) is 16.3 Å². The molecule has 0 saturated heterocycles. The van der Waals surface area contributed by atoms with Crippen molar-refractivity contribution in [3.05, 3.63) is 29.6 Å². The van der Waals surface area contributed by atoms with Crippen LogP contribution in [0.2, 0.25) is 0 Å². The molecule has 3 nitrogen and oxygen atoms in total. The lowest BCUT2D eigenvalue weighted by molar-refractivity contribution is 0.00276. The van der Waals surface area contributed by atoms with Crippen molar-refractivity contribution in [3.8, 4) is 0 Å². The third-order valence-electron chi connectivity index (χ3n) is 4.58. The van der Waals surface area contributed by atoms with Crippen LogP contribution in [0.4, 0.5) is 8.78 Å². The zero-order valence-electron chi connectivity index (χ0n) is 10.8. The SMILES string of the molecule is NNC(C1CCC(F)(F)C1)C1CCc2cccnc21. The highest BCUT2D eigenvalue weighted by Crippen LogP contribution is 2.45. The van der Waals surface area contributed by atoms with Gasteiger partial charge >= 0.3 is 0 Å². The lowest BCUT2D eigenvalue weighted by Gasteiger charge is -2.28. The first-order valence-corrected chi connectivity index (χ1v) is 6.88. The molecule has 0 radical (unpaired) electrons. The number of nitrogens with zero attached hydrogens (tertiary/aromatic N) is 1. The maximum absolute atomic E-state index is 13.4. The Balaban J connectivity index is 1.81. The molecular formula is C14H19F2N3. The third kappa shape index (κ3) is 2.37. The molecule has 1 aromatic heterocycles. The number of rotatable bonds is 3. The molecule has 0 aromatic carbocycles. The van der Waals surface area contributed by atoms with Crippen molar-refractivity contribution in [2.45, 2.75) is 50.0 Å². The van der Waals surface area contributed by atoms with Gasteiger partial charge in [-0.15, -0.1) is 0 Å². The van der Waals surface area contributed by atoms with E-state index in [1.54, 1.807) is 6.20 Å². The van der Waals surface area contributed by atoms with Crippen LogP contribution in [-0.4, -0.2) is 16.9 Å². The Morgan fingerprint density at radius 2 is 2.26 bits per heavy atom. The molecule has 0 bridgehead atoms. The van der Waals surface area contributed by atoms with E-state index in [9.17, 15) is 8.78 Å². The molecule has 0 aliphatic heterocycles. The monoisotopic (exact) mass is 267 g/mol. The van der Waals surface area contributed by atoms with E-state index in [1.165, 1.54) is 5.56 Å². The molecule has 3 unspecified atom stereocenters. The van der Waals surface area contributed by atoms with E-state index < -0.39 is 5.92 Å². The fraction of sp³-hybridized carbons (Fsp3) is 0.643. The third-order valence-corrected chi connectivity index (χ3v) is 4.58. The van der Waals surface area contributed by atoms with Crippen LogP contribution in [0.15, 0.2) is 18.3 Å². The van der Waals surface area contributed by atoms with Gasteiger partial charge < -0.3 is 0 Å². The number of aryl methyl sites for hydroxylation is 1. The summed E-state index contributed by atoms with van der Waals surface area (Å²) in [5, 5.41) is 0. The van der Waals surface area contributed by atoms with Gasteiger partial charge in [-0.2, -0.15) is 0 Å².